The van der Waals surface area contributed by atoms with Gasteiger partial charge in [-0.3, -0.25) is 9.80 Å². The van der Waals surface area contributed by atoms with Crippen LogP contribution < -0.4 is 0 Å². The number of hydrogen-bond donors (Lipinski definition) is 0. The average molecular weight is 244 g/mol. The van der Waals surface area contributed by atoms with Gasteiger partial charge >= 0.3 is 0 Å². The molecule has 0 N–H and O–H groups in total. The minimum Gasteiger partial charge on any atom is -0.345 e. The fraction of sp³-hybridized carbons (Fsp3) is 1.00. The largest absolute Gasteiger partial charge is 0.345 e. The van der Waals surface area contributed by atoms with Gasteiger partial charge in [0.05, 0.1) is 0 Å². The van der Waals surface area contributed by atoms with Crippen molar-refractivity contribution in [2.45, 2.75) is 66.8 Å². The summed E-state index contributed by atoms with van der Waals surface area (Å²) in [5.74, 6) is 0. The Morgan fingerprint density at radius 2 is 0.941 bits per heavy atom. The zero-order valence-electron chi connectivity index (χ0n) is 12.7. The molecule has 2 unspecified atom stereocenters. The van der Waals surface area contributed by atoms with E-state index in [4.69, 9.17) is 4.74 Å². The van der Waals surface area contributed by atoms with Crippen molar-refractivity contribution < 1.29 is 4.74 Å². The lowest BCUT2D eigenvalue weighted by atomic mass is 10.3. The molecule has 0 aliphatic carbocycles. The van der Waals surface area contributed by atoms with Crippen molar-refractivity contribution in [3.8, 4) is 0 Å². The highest BCUT2D eigenvalue weighted by Crippen LogP contribution is 2.14. The van der Waals surface area contributed by atoms with Gasteiger partial charge in [0.1, 0.15) is 12.5 Å². The molecule has 0 fully saturated rings. The number of ether oxygens (including phenoxy) is 1. The first-order valence-corrected chi connectivity index (χ1v) is 7.31. The van der Waals surface area contributed by atoms with Crippen LogP contribution in [0, 0.1) is 0 Å². The molecule has 0 heterocycles. The Bertz CT molecular complexity index is 150. The second-order valence-electron chi connectivity index (χ2n) is 4.30. The predicted molar refractivity (Wildman–Crippen MR) is 75.1 cm³/mol. The van der Waals surface area contributed by atoms with E-state index in [-0.39, 0.29) is 12.5 Å². The standard InChI is InChI=1S/C14H32N2O/c1-7-13(15(9-3)10-4)17-14(8-2)16(11-5)12-6/h13-14H,7-12H2,1-6H3. The normalized spacial score (nSPS) is 15.5. The summed E-state index contributed by atoms with van der Waals surface area (Å²) in [4.78, 5) is 4.79. The van der Waals surface area contributed by atoms with E-state index in [1.807, 2.05) is 0 Å². The first kappa shape index (κ1) is 16.9. The third kappa shape index (κ3) is 5.36. The Balaban J connectivity index is 4.49. The Labute approximate surface area is 108 Å². The maximum atomic E-state index is 6.29. The van der Waals surface area contributed by atoms with Gasteiger partial charge in [0.15, 0.2) is 0 Å². The van der Waals surface area contributed by atoms with Gasteiger partial charge in [0.25, 0.3) is 0 Å². The third-order valence-corrected chi connectivity index (χ3v) is 3.45. The molecule has 2 atom stereocenters. The lowest BCUT2D eigenvalue weighted by molar-refractivity contribution is -0.153. The summed E-state index contributed by atoms with van der Waals surface area (Å²) in [5, 5.41) is 0. The Kier molecular flexibility index (Phi) is 9.79. The zero-order valence-corrected chi connectivity index (χ0v) is 12.7. The van der Waals surface area contributed by atoms with Gasteiger partial charge in [-0.25, -0.2) is 0 Å². The minimum atomic E-state index is 0.260. The molecule has 0 aliphatic heterocycles. The molecule has 17 heavy (non-hydrogen) atoms. The summed E-state index contributed by atoms with van der Waals surface area (Å²) in [6.45, 7) is 17.5. The molecule has 104 valence electrons. The van der Waals surface area contributed by atoms with E-state index in [0.717, 1.165) is 39.0 Å². The lowest BCUT2D eigenvalue weighted by Crippen LogP contribution is -2.45. The molecule has 0 saturated heterocycles. The van der Waals surface area contributed by atoms with Crippen LogP contribution in [-0.2, 0) is 4.74 Å². The number of nitrogens with zero attached hydrogens (tertiary/aromatic N) is 2. The minimum absolute atomic E-state index is 0.260. The maximum absolute atomic E-state index is 6.29. The van der Waals surface area contributed by atoms with E-state index < -0.39 is 0 Å². The number of rotatable bonds is 10. The van der Waals surface area contributed by atoms with Gasteiger partial charge in [0.2, 0.25) is 0 Å². The Morgan fingerprint density at radius 3 is 1.12 bits per heavy atom. The van der Waals surface area contributed by atoms with E-state index in [1.54, 1.807) is 0 Å². The quantitative estimate of drug-likeness (QED) is 0.549. The lowest BCUT2D eigenvalue weighted by Gasteiger charge is -2.36. The van der Waals surface area contributed by atoms with Crippen molar-refractivity contribution in [2.24, 2.45) is 0 Å². The molecular formula is C14H32N2O. The summed E-state index contributed by atoms with van der Waals surface area (Å²) >= 11 is 0. The molecule has 0 saturated carbocycles. The summed E-state index contributed by atoms with van der Waals surface area (Å²) in [7, 11) is 0. The molecule has 0 aromatic heterocycles. The first-order valence-electron chi connectivity index (χ1n) is 7.31. The summed E-state index contributed by atoms with van der Waals surface area (Å²) < 4.78 is 6.29. The first-order chi connectivity index (χ1) is 8.18. The van der Waals surface area contributed by atoms with Crippen LogP contribution in [0.2, 0.25) is 0 Å². The van der Waals surface area contributed by atoms with Crippen LogP contribution in [-0.4, -0.2) is 48.4 Å². The highest BCUT2D eigenvalue weighted by Gasteiger charge is 2.21. The van der Waals surface area contributed by atoms with E-state index in [9.17, 15) is 0 Å². The molecule has 0 aromatic rings. The van der Waals surface area contributed by atoms with Crippen molar-refractivity contribution >= 4 is 0 Å². The van der Waals surface area contributed by atoms with Gasteiger partial charge < -0.3 is 4.74 Å². The zero-order chi connectivity index (χ0) is 13.3. The fourth-order valence-corrected chi connectivity index (χ4v) is 2.32. The van der Waals surface area contributed by atoms with Crippen LogP contribution in [0.1, 0.15) is 54.4 Å². The average Bonchev–Trinajstić information content (AvgIpc) is 2.37. The van der Waals surface area contributed by atoms with Crippen LogP contribution in [0.5, 0.6) is 0 Å². The summed E-state index contributed by atoms with van der Waals surface area (Å²) in [6, 6.07) is 0. The smallest absolute Gasteiger partial charge is 0.112 e. The molecule has 0 amide bonds. The fourth-order valence-electron chi connectivity index (χ4n) is 2.32. The van der Waals surface area contributed by atoms with Crippen molar-refractivity contribution in [2.75, 3.05) is 26.2 Å². The predicted octanol–water partition coefficient (Wildman–Crippen LogP) is 3.16. The van der Waals surface area contributed by atoms with Crippen molar-refractivity contribution in [1.82, 2.24) is 9.80 Å². The maximum Gasteiger partial charge on any atom is 0.112 e. The Morgan fingerprint density at radius 1 is 0.647 bits per heavy atom. The molecule has 0 bridgehead atoms. The van der Waals surface area contributed by atoms with Crippen molar-refractivity contribution in [3.63, 3.8) is 0 Å². The van der Waals surface area contributed by atoms with E-state index >= 15 is 0 Å². The molecular weight excluding hydrogens is 212 g/mol. The molecule has 0 rings (SSSR count). The van der Waals surface area contributed by atoms with Crippen LogP contribution in [0.4, 0.5) is 0 Å². The van der Waals surface area contributed by atoms with Crippen LogP contribution in [0.3, 0.4) is 0 Å². The van der Waals surface area contributed by atoms with Gasteiger partial charge in [0, 0.05) is 0 Å². The monoisotopic (exact) mass is 244 g/mol. The molecule has 3 nitrogen and oxygen atoms in total. The van der Waals surface area contributed by atoms with E-state index in [0.29, 0.717) is 0 Å². The number of hydrogen-bond acceptors (Lipinski definition) is 3. The molecule has 0 radical (unpaired) electrons. The van der Waals surface area contributed by atoms with Crippen LogP contribution in [0.15, 0.2) is 0 Å². The highest BCUT2D eigenvalue weighted by atomic mass is 16.5. The summed E-state index contributed by atoms with van der Waals surface area (Å²) in [6.07, 6.45) is 2.63. The molecule has 0 spiro atoms. The second kappa shape index (κ2) is 9.86. The highest BCUT2D eigenvalue weighted by molar-refractivity contribution is 4.64. The SMILES string of the molecule is CCC(OC(CC)N(CC)CC)N(CC)CC. The van der Waals surface area contributed by atoms with Crippen molar-refractivity contribution in [1.29, 1.82) is 0 Å². The van der Waals surface area contributed by atoms with Gasteiger partial charge in [-0.2, -0.15) is 0 Å². The van der Waals surface area contributed by atoms with Crippen molar-refractivity contribution in [3.05, 3.63) is 0 Å². The van der Waals surface area contributed by atoms with Gasteiger partial charge in [-0.1, -0.05) is 41.5 Å². The molecule has 0 aromatic carbocycles. The van der Waals surface area contributed by atoms with Gasteiger partial charge in [-0.15, -0.1) is 0 Å². The third-order valence-electron chi connectivity index (χ3n) is 3.45. The summed E-state index contributed by atoms with van der Waals surface area (Å²) in [5.41, 5.74) is 0. The van der Waals surface area contributed by atoms with E-state index in [2.05, 4.69) is 51.3 Å². The topological polar surface area (TPSA) is 15.7 Å². The van der Waals surface area contributed by atoms with Crippen LogP contribution in [0.25, 0.3) is 0 Å². The van der Waals surface area contributed by atoms with E-state index in [1.165, 1.54) is 0 Å². The Hall–Kier alpha value is -0.120. The molecule has 3 heteroatoms. The second-order valence-corrected chi connectivity index (χ2v) is 4.30. The van der Waals surface area contributed by atoms with Gasteiger partial charge in [-0.05, 0) is 39.0 Å². The molecule has 0 aliphatic rings. The van der Waals surface area contributed by atoms with Crippen LogP contribution >= 0.6 is 0 Å².